The molecule has 0 bridgehead atoms. The Kier molecular flexibility index (Phi) is 3.90. The molecule has 5 nitrogen and oxygen atoms in total. The topological polar surface area (TPSA) is 67.0 Å². The lowest BCUT2D eigenvalue weighted by molar-refractivity contribution is 0.0599. The molecular weight excluding hydrogens is 262 g/mol. The summed E-state index contributed by atoms with van der Waals surface area (Å²) in [7, 11) is 1.39. The van der Waals surface area contributed by atoms with Crippen molar-refractivity contribution in [2.45, 2.75) is 20.8 Å². The predicted molar refractivity (Wildman–Crippen MR) is 76.9 cm³/mol. The van der Waals surface area contributed by atoms with Gasteiger partial charge in [0.25, 0.3) is 0 Å². The van der Waals surface area contributed by atoms with Crippen LogP contribution in [0, 0.1) is 13.8 Å². The third kappa shape index (κ3) is 2.49. The molecule has 0 amide bonds. The number of nitrogens with zero attached hydrogens (tertiary/aromatic N) is 1. The Balaban J connectivity index is 2.42. The first-order chi connectivity index (χ1) is 9.08. The minimum absolute atomic E-state index is 0.320. The van der Waals surface area contributed by atoms with Crippen molar-refractivity contribution in [1.82, 2.24) is 9.97 Å². The maximum Gasteiger partial charge on any atom is 0.339 e. The fraction of sp³-hybridized carbons (Fsp3) is 0.385. The molecule has 2 aromatic heterocycles. The van der Waals surface area contributed by atoms with E-state index in [4.69, 9.17) is 4.74 Å². The van der Waals surface area contributed by atoms with E-state index in [1.807, 2.05) is 26.2 Å². The van der Waals surface area contributed by atoms with E-state index >= 15 is 0 Å². The van der Waals surface area contributed by atoms with Gasteiger partial charge in [0.15, 0.2) is 5.13 Å². The molecule has 0 unspecified atom stereocenters. The molecule has 2 rings (SSSR count). The fourth-order valence-electron chi connectivity index (χ4n) is 2.04. The van der Waals surface area contributed by atoms with Crippen molar-refractivity contribution < 1.29 is 9.53 Å². The van der Waals surface area contributed by atoms with E-state index in [1.54, 1.807) is 11.3 Å². The highest BCUT2D eigenvalue weighted by molar-refractivity contribution is 7.14. The highest BCUT2D eigenvalue weighted by Gasteiger charge is 2.20. The number of aromatic nitrogens is 2. The number of anilines is 1. The summed E-state index contributed by atoms with van der Waals surface area (Å²) < 4.78 is 4.80. The summed E-state index contributed by atoms with van der Waals surface area (Å²) in [4.78, 5) is 19.4. The minimum Gasteiger partial charge on any atom is -0.465 e. The van der Waals surface area contributed by atoms with Crippen LogP contribution in [0.1, 0.15) is 28.5 Å². The number of hydrogen-bond acceptors (Lipinski definition) is 5. The van der Waals surface area contributed by atoms with Crippen molar-refractivity contribution >= 4 is 22.4 Å². The third-order valence-electron chi connectivity index (χ3n) is 2.92. The zero-order valence-corrected chi connectivity index (χ0v) is 12.3. The third-order valence-corrected chi connectivity index (χ3v) is 3.72. The van der Waals surface area contributed by atoms with Gasteiger partial charge in [0, 0.05) is 17.6 Å². The number of aromatic amines is 1. The van der Waals surface area contributed by atoms with Crippen LogP contribution >= 0.6 is 11.3 Å². The maximum atomic E-state index is 11.7. The van der Waals surface area contributed by atoms with Gasteiger partial charge in [-0.25, -0.2) is 9.78 Å². The van der Waals surface area contributed by atoms with Crippen molar-refractivity contribution in [3.8, 4) is 11.4 Å². The first kappa shape index (κ1) is 13.6. The molecule has 0 atom stereocenters. The van der Waals surface area contributed by atoms with Crippen molar-refractivity contribution in [1.29, 1.82) is 0 Å². The van der Waals surface area contributed by atoms with Gasteiger partial charge in [0.05, 0.1) is 18.4 Å². The Bertz CT molecular complexity index is 601. The molecule has 2 N–H and O–H groups in total. The van der Waals surface area contributed by atoms with Crippen LogP contribution in [0.15, 0.2) is 5.38 Å². The lowest BCUT2D eigenvalue weighted by Gasteiger charge is -1.99. The number of esters is 1. The maximum absolute atomic E-state index is 11.7. The number of rotatable bonds is 4. The summed E-state index contributed by atoms with van der Waals surface area (Å²) >= 11 is 1.55. The van der Waals surface area contributed by atoms with E-state index in [0.717, 1.165) is 34.3 Å². The number of methoxy groups -OCH3 is 1. The molecule has 0 fully saturated rings. The van der Waals surface area contributed by atoms with Crippen LogP contribution in [0.3, 0.4) is 0 Å². The van der Waals surface area contributed by atoms with Crippen molar-refractivity contribution in [2.75, 3.05) is 19.0 Å². The second-order valence-electron chi connectivity index (χ2n) is 4.18. The van der Waals surface area contributed by atoms with E-state index in [2.05, 4.69) is 15.3 Å². The van der Waals surface area contributed by atoms with Gasteiger partial charge >= 0.3 is 5.97 Å². The number of nitrogens with one attached hydrogen (secondary N) is 2. The van der Waals surface area contributed by atoms with E-state index in [0.29, 0.717) is 5.56 Å². The second-order valence-corrected chi connectivity index (χ2v) is 5.04. The first-order valence-electron chi connectivity index (χ1n) is 6.05. The largest absolute Gasteiger partial charge is 0.465 e. The summed E-state index contributed by atoms with van der Waals surface area (Å²) in [6.07, 6.45) is 0. The van der Waals surface area contributed by atoms with Gasteiger partial charge in [-0.2, -0.15) is 0 Å². The van der Waals surface area contributed by atoms with Crippen LogP contribution in [0.25, 0.3) is 11.4 Å². The molecule has 0 radical (unpaired) electrons. The van der Waals surface area contributed by atoms with Crippen LogP contribution in [0.5, 0.6) is 0 Å². The SMILES string of the molecule is CCNc1nc(-c2[nH]c(C)c(C(=O)OC)c2C)cs1. The normalized spacial score (nSPS) is 10.5. The molecule has 102 valence electrons. The van der Waals surface area contributed by atoms with Crippen LogP contribution in [0.2, 0.25) is 0 Å². The summed E-state index contributed by atoms with van der Waals surface area (Å²) in [6.45, 7) is 6.63. The average Bonchev–Trinajstić information content (AvgIpc) is 2.94. The molecule has 0 aliphatic heterocycles. The number of thiazole rings is 1. The zero-order valence-electron chi connectivity index (χ0n) is 11.5. The second kappa shape index (κ2) is 5.44. The van der Waals surface area contributed by atoms with E-state index in [1.165, 1.54) is 7.11 Å². The standard InChI is InChI=1S/C13H17N3O2S/c1-5-14-13-16-9(6-19-13)11-7(2)10(8(3)15-11)12(17)18-4/h6,15H,5H2,1-4H3,(H,14,16). The van der Waals surface area contributed by atoms with Crippen LogP contribution < -0.4 is 5.32 Å². The van der Waals surface area contributed by atoms with Crippen molar-refractivity contribution in [2.24, 2.45) is 0 Å². The molecule has 19 heavy (non-hydrogen) atoms. The van der Waals surface area contributed by atoms with Crippen LogP contribution in [0.4, 0.5) is 5.13 Å². The number of hydrogen-bond donors (Lipinski definition) is 2. The van der Waals surface area contributed by atoms with Gasteiger partial charge in [-0.3, -0.25) is 0 Å². The lowest BCUT2D eigenvalue weighted by atomic mass is 10.1. The number of H-pyrrole nitrogens is 1. The first-order valence-corrected chi connectivity index (χ1v) is 6.93. The van der Waals surface area contributed by atoms with Crippen LogP contribution in [-0.2, 0) is 4.74 Å². The molecule has 0 saturated carbocycles. The highest BCUT2D eigenvalue weighted by Crippen LogP contribution is 2.30. The zero-order chi connectivity index (χ0) is 14.0. The van der Waals surface area contributed by atoms with Gasteiger partial charge in [0.1, 0.15) is 5.69 Å². The lowest BCUT2D eigenvalue weighted by Crippen LogP contribution is -2.03. The molecule has 2 aromatic rings. The number of carbonyl (C=O) groups excluding carboxylic acids is 1. The summed E-state index contributed by atoms with van der Waals surface area (Å²) in [6, 6.07) is 0. The van der Waals surface area contributed by atoms with Gasteiger partial charge in [-0.1, -0.05) is 0 Å². The van der Waals surface area contributed by atoms with E-state index in [-0.39, 0.29) is 5.97 Å². The number of carbonyl (C=O) groups is 1. The monoisotopic (exact) mass is 279 g/mol. The van der Waals surface area contributed by atoms with Crippen LogP contribution in [-0.4, -0.2) is 29.6 Å². The Morgan fingerprint density at radius 3 is 2.89 bits per heavy atom. The Morgan fingerprint density at radius 2 is 2.26 bits per heavy atom. The van der Waals surface area contributed by atoms with E-state index < -0.39 is 0 Å². The number of ether oxygens (including phenoxy) is 1. The molecular formula is C13H17N3O2S. The van der Waals surface area contributed by atoms with Crippen molar-refractivity contribution in [3.63, 3.8) is 0 Å². The quantitative estimate of drug-likeness (QED) is 0.844. The molecule has 6 heteroatoms. The minimum atomic E-state index is -0.320. The average molecular weight is 279 g/mol. The molecule has 0 aliphatic carbocycles. The Labute approximate surface area is 116 Å². The molecule has 0 saturated heterocycles. The number of aryl methyl sites for hydroxylation is 1. The summed E-state index contributed by atoms with van der Waals surface area (Å²) in [5, 5.41) is 6.02. The van der Waals surface area contributed by atoms with Gasteiger partial charge in [-0.05, 0) is 26.3 Å². The molecule has 0 aromatic carbocycles. The summed E-state index contributed by atoms with van der Waals surface area (Å²) in [5.74, 6) is -0.320. The smallest absolute Gasteiger partial charge is 0.339 e. The van der Waals surface area contributed by atoms with Crippen molar-refractivity contribution in [3.05, 3.63) is 22.2 Å². The predicted octanol–water partition coefficient (Wildman–Crippen LogP) is 2.97. The molecule has 2 heterocycles. The summed E-state index contributed by atoms with van der Waals surface area (Å²) in [5.41, 5.74) is 3.99. The highest BCUT2D eigenvalue weighted by atomic mass is 32.1. The Hall–Kier alpha value is -1.82. The molecule has 0 aliphatic rings. The van der Waals surface area contributed by atoms with Gasteiger partial charge in [-0.15, -0.1) is 11.3 Å². The fourth-order valence-corrected chi connectivity index (χ4v) is 2.81. The van der Waals surface area contributed by atoms with Gasteiger partial charge in [0.2, 0.25) is 0 Å². The Morgan fingerprint density at radius 1 is 1.53 bits per heavy atom. The van der Waals surface area contributed by atoms with E-state index in [9.17, 15) is 4.79 Å². The van der Waals surface area contributed by atoms with Gasteiger partial charge < -0.3 is 15.0 Å². The molecule has 0 spiro atoms.